The number of nitrogen functional groups attached to an aromatic ring is 1. The highest BCUT2D eigenvalue weighted by Gasteiger charge is 2.12. The second-order valence-electron chi connectivity index (χ2n) is 3.35. The maximum atomic E-state index is 5.51. The molecular formula is C9H14N4O. The number of aromatic nitrogens is 2. The van der Waals surface area contributed by atoms with Crippen molar-refractivity contribution >= 4 is 5.82 Å². The van der Waals surface area contributed by atoms with E-state index < -0.39 is 0 Å². The molecule has 1 fully saturated rings. The summed E-state index contributed by atoms with van der Waals surface area (Å²) in [6.45, 7) is 1.89. The predicted octanol–water partition coefficient (Wildman–Crippen LogP) is 0.838. The highest BCUT2D eigenvalue weighted by atomic mass is 16.7. The van der Waals surface area contributed by atoms with Gasteiger partial charge >= 0.3 is 6.01 Å². The van der Waals surface area contributed by atoms with Gasteiger partial charge in [0.05, 0.1) is 0 Å². The number of anilines is 1. The predicted molar refractivity (Wildman–Crippen MR) is 52.5 cm³/mol. The van der Waals surface area contributed by atoms with Crippen LogP contribution in [0.2, 0.25) is 0 Å². The summed E-state index contributed by atoms with van der Waals surface area (Å²) in [5.41, 5.74) is 5.51. The largest absolute Gasteiger partial charge is 0.383 e. The second kappa shape index (κ2) is 4.23. The van der Waals surface area contributed by atoms with Crippen LogP contribution in [0.15, 0.2) is 12.3 Å². The number of piperidine rings is 1. The molecule has 1 aromatic heterocycles. The number of hydroxylamine groups is 2. The van der Waals surface area contributed by atoms with E-state index >= 15 is 0 Å². The Balaban J connectivity index is 1.95. The Morgan fingerprint density at radius 3 is 2.79 bits per heavy atom. The molecule has 2 heterocycles. The van der Waals surface area contributed by atoms with Crippen molar-refractivity contribution in [2.75, 3.05) is 18.8 Å². The van der Waals surface area contributed by atoms with E-state index in [4.69, 9.17) is 10.6 Å². The van der Waals surface area contributed by atoms with Crippen molar-refractivity contribution in [1.29, 1.82) is 0 Å². The van der Waals surface area contributed by atoms with Crippen LogP contribution in [-0.4, -0.2) is 28.1 Å². The molecule has 1 aliphatic rings. The molecule has 0 bridgehead atoms. The summed E-state index contributed by atoms with van der Waals surface area (Å²) in [5.74, 6) is 0.437. The Bertz CT molecular complexity index is 299. The lowest BCUT2D eigenvalue weighted by Gasteiger charge is -2.24. The molecular weight excluding hydrogens is 180 g/mol. The van der Waals surface area contributed by atoms with Crippen LogP contribution in [0.4, 0.5) is 5.82 Å². The van der Waals surface area contributed by atoms with E-state index in [-0.39, 0.29) is 0 Å². The summed E-state index contributed by atoms with van der Waals surface area (Å²) in [6, 6.07) is 1.98. The Kier molecular flexibility index (Phi) is 2.78. The molecule has 0 radical (unpaired) electrons. The van der Waals surface area contributed by atoms with Gasteiger partial charge in [0.1, 0.15) is 5.82 Å². The van der Waals surface area contributed by atoms with Gasteiger partial charge in [-0.3, -0.25) is 0 Å². The third-order valence-corrected chi connectivity index (χ3v) is 2.18. The van der Waals surface area contributed by atoms with Crippen molar-refractivity contribution in [2.45, 2.75) is 19.3 Å². The minimum atomic E-state index is 0.340. The summed E-state index contributed by atoms with van der Waals surface area (Å²) < 4.78 is 0. The molecule has 14 heavy (non-hydrogen) atoms. The molecule has 2 N–H and O–H groups in total. The van der Waals surface area contributed by atoms with Crippen LogP contribution in [0.3, 0.4) is 0 Å². The molecule has 0 unspecified atom stereocenters. The third-order valence-electron chi connectivity index (χ3n) is 2.18. The first kappa shape index (κ1) is 9.21. The van der Waals surface area contributed by atoms with Crippen molar-refractivity contribution in [1.82, 2.24) is 15.0 Å². The van der Waals surface area contributed by atoms with Gasteiger partial charge in [-0.15, -0.1) is 5.06 Å². The van der Waals surface area contributed by atoms with Crippen molar-refractivity contribution < 1.29 is 4.84 Å². The molecule has 0 aromatic carbocycles. The van der Waals surface area contributed by atoms with Gasteiger partial charge in [-0.2, -0.15) is 4.98 Å². The van der Waals surface area contributed by atoms with Crippen LogP contribution in [-0.2, 0) is 0 Å². The van der Waals surface area contributed by atoms with Gasteiger partial charge in [0.2, 0.25) is 0 Å². The van der Waals surface area contributed by atoms with E-state index in [1.165, 1.54) is 19.3 Å². The van der Waals surface area contributed by atoms with Crippen LogP contribution >= 0.6 is 0 Å². The molecule has 1 aromatic rings. The molecule has 1 aliphatic heterocycles. The quantitative estimate of drug-likeness (QED) is 0.755. The molecule has 0 aliphatic carbocycles. The van der Waals surface area contributed by atoms with Crippen molar-refractivity contribution in [3.8, 4) is 6.01 Å². The minimum absolute atomic E-state index is 0.340. The second-order valence-corrected chi connectivity index (χ2v) is 3.35. The van der Waals surface area contributed by atoms with Gasteiger partial charge < -0.3 is 10.6 Å². The lowest BCUT2D eigenvalue weighted by molar-refractivity contribution is -0.0797. The zero-order chi connectivity index (χ0) is 9.80. The fourth-order valence-electron chi connectivity index (χ4n) is 1.47. The van der Waals surface area contributed by atoms with E-state index in [1.807, 2.05) is 5.06 Å². The monoisotopic (exact) mass is 194 g/mol. The van der Waals surface area contributed by atoms with Crippen LogP contribution < -0.4 is 10.6 Å². The smallest absolute Gasteiger partial charge is 0.337 e. The zero-order valence-corrected chi connectivity index (χ0v) is 8.02. The average molecular weight is 194 g/mol. The maximum Gasteiger partial charge on any atom is 0.337 e. The minimum Gasteiger partial charge on any atom is -0.383 e. The maximum absolute atomic E-state index is 5.51. The van der Waals surface area contributed by atoms with Crippen LogP contribution in [0.25, 0.3) is 0 Å². The van der Waals surface area contributed by atoms with Crippen molar-refractivity contribution in [3.63, 3.8) is 0 Å². The molecule has 76 valence electrons. The van der Waals surface area contributed by atoms with Crippen LogP contribution in [0.1, 0.15) is 19.3 Å². The van der Waals surface area contributed by atoms with Crippen LogP contribution in [0.5, 0.6) is 6.01 Å². The van der Waals surface area contributed by atoms with Crippen LogP contribution in [0, 0.1) is 0 Å². The highest BCUT2D eigenvalue weighted by molar-refractivity contribution is 5.26. The molecule has 0 amide bonds. The van der Waals surface area contributed by atoms with Gasteiger partial charge in [-0.1, -0.05) is 6.42 Å². The standard InChI is InChI=1S/C9H14N4O/c10-8-4-5-11-9(12-8)14-13-6-2-1-3-7-13/h4-5H,1-3,6-7H2,(H2,10,11,12). The highest BCUT2D eigenvalue weighted by Crippen LogP contribution is 2.11. The number of nitrogens with zero attached hydrogens (tertiary/aromatic N) is 3. The number of hydrogen-bond donors (Lipinski definition) is 1. The van der Waals surface area contributed by atoms with Gasteiger partial charge in [-0.05, 0) is 18.9 Å². The lowest BCUT2D eigenvalue weighted by Crippen LogP contribution is -2.33. The molecule has 2 rings (SSSR count). The van der Waals surface area contributed by atoms with E-state index in [2.05, 4.69) is 9.97 Å². The van der Waals surface area contributed by atoms with Crippen molar-refractivity contribution in [3.05, 3.63) is 12.3 Å². The normalized spacial score (nSPS) is 18.0. The summed E-state index contributed by atoms with van der Waals surface area (Å²) in [7, 11) is 0. The molecule has 0 saturated carbocycles. The van der Waals surface area contributed by atoms with Gasteiger partial charge in [-0.25, -0.2) is 4.98 Å². The van der Waals surface area contributed by atoms with E-state index in [1.54, 1.807) is 12.3 Å². The van der Waals surface area contributed by atoms with Crippen molar-refractivity contribution in [2.24, 2.45) is 0 Å². The number of hydrogen-bond acceptors (Lipinski definition) is 5. The fraction of sp³-hybridized carbons (Fsp3) is 0.556. The Hall–Kier alpha value is -1.36. The first-order valence-electron chi connectivity index (χ1n) is 4.86. The summed E-state index contributed by atoms with van der Waals surface area (Å²) in [6.07, 6.45) is 5.21. The Morgan fingerprint density at radius 1 is 1.29 bits per heavy atom. The lowest BCUT2D eigenvalue weighted by atomic mass is 10.2. The fourth-order valence-corrected chi connectivity index (χ4v) is 1.47. The Labute approximate surface area is 82.9 Å². The zero-order valence-electron chi connectivity index (χ0n) is 8.02. The number of nitrogens with two attached hydrogens (primary N) is 1. The molecule has 0 atom stereocenters. The molecule has 5 nitrogen and oxygen atoms in total. The molecule has 5 heteroatoms. The summed E-state index contributed by atoms with van der Waals surface area (Å²) in [4.78, 5) is 13.4. The summed E-state index contributed by atoms with van der Waals surface area (Å²) >= 11 is 0. The van der Waals surface area contributed by atoms with E-state index in [0.29, 0.717) is 11.8 Å². The topological polar surface area (TPSA) is 64.3 Å². The first-order valence-corrected chi connectivity index (χ1v) is 4.86. The van der Waals surface area contributed by atoms with Gasteiger partial charge in [0.25, 0.3) is 0 Å². The third kappa shape index (κ3) is 2.32. The van der Waals surface area contributed by atoms with E-state index in [9.17, 15) is 0 Å². The molecule has 0 spiro atoms. The van der Waals surface area contributed by atoms with E-state index in [0.717, 1.165) is 13.1 Å². The Morgan fingerprint density at radius 2 is 2.07 bits per heavy atom. The SMILES string of the molecule is Nc1ccnc(ON2CCCCC2)n1. The van der Waals surface area contributed by atoms with Gasteiger partial charge in [0, 0.05) is 19.3 Å². The van der Waals surface area contributed by atoms with Gasteiger partial charge in [0.15, 0.2) is 0 Å². The average Bonchev–Trinajstić information content (AvgIpc) is 2.19. The molecule has 1 saturated heterocycles. The summed E-state index contributed by atoms with van der Waals surface area (Å²) in [5, 5.41) is 1.89. The number of rotatable bonds is 2. The first-order chi connectivity index (χ1) is 6.84.